The van der Waals surface area contributed by atoms with Gasteiger partial charge in [0.1, 0.15) is 5.75 Å². The minimum Gasteiger partial charge on any atom is -0.507 e. The van der Waals surface area contributed by atoms with Crippen LogP contribution in [0.25, 0.3) is 0 Å². The summed E-state index contributed by atoms with van der Waals surface area (Å²) in [4.78, 5) is 12.6. The van der Waals surface area contributed by atoms with Crippen LogP contribution in [-0.4, -0.2) is 11.0 Å². The summed E-state index contributed by atoms with van der Waals surface area (Å²) in [6.45, 7) is 9.97. The number of anilines is 1. The van der Waals surface area contributed by atoms with E-state index >= 15 is 0 Å². The number of aryl methyl sites for hydroxylation is 1. The van der Waals surface area contributed by atoms with Gasteiger partial charge in [-0.05, 0) is 75.6 Å². The van der Waals surface area contributed by atoms with Crippen molar-refractivity contribution in [3.8, 4) is 5.75 Å². The molecular formula is C28H47NO2. The molecule has 2 N–H and O–H groups in total. The molecule has 0 saturated heterocycles. The third kappa shape index (κ3) is 10.9. The normalized spacial score (nSPS) is 12.4. The van der Waals surface area contributed by atoms with Gasteiger partial charge >= 0.3 is 0 Å². The molecule has 1 atom stereocenters. The van der Waals surface area contributed by atoms with E-state index in [9.17, 15) is 9.90 Å². The number of carbonyl (C=O) groups excluding carboxylic acids is 1. The smallest absolute Gasteiger partial charge is 0.227 e. The third-order valence-electron chi connectivity index (χ3n) is 6.41. The second-order valence-corrected chi connectivity index (χ2v) is 9.25. The Morgan fingerprint density at radius 1 is 0.903 bits per heavy atom. The van der Waals surface area contributed by atoms with E-state index in [2.05, 4.69) is 24.4 Å². The van der Waals surface area contributed by atoms with E-state index in [1.54, 1.807) is 0 Å². The molecule has 0 heterocycles. The van der Waals surface area contributed by atoms with E-state index in [0.717, 1.165) is 35.2 Å². The zero-order valence-corrected chi connectivity index (χ0v) is 20.9. The van der Waals surface area contributed by atoms with E-state index in [0.29, 0.717) is 5.75 Å². The van der Waals surface area contributed by atoms with E-state index in [1.807, 2.05) is 33.8 Å². The van der Waals surface area contributed by atoms with Crippen molar-refractivity contribution in [3.05, 3.63) is 34.9 Å². The first kappa shape index (κ1) is 27.3. The van der Waals surface area contributed by atoms with Crippen molar-refractivity contribution < 1.29 is 9.90 Å². The Morgan fingerprint density at radius 2 is 1.45 bits per heavy atom. The Bertz CT molecular complexity index is 678. The summed E-state index contributed by atoms with van der Waals surface area (Å²) in [6.07, 6.45) is 21.1. The minimum atomic E-state index is 0.00559. The fraction of sp³-hybridized carbons (Fsp3) is 0.679. The van der Waals surface area contributed by atoms with Gasteiger partial charge in [-0.3, -0.25) is 4.79 Å². The quantitative estimate of drug-likeness (QED) is 0.157. The average molecular weight is 430 g/mol. The molecule has 0 spiro atoms. The average Bonchev–Trinajstić information content (AvgIpc) is 2.75. The van der Waals surface area contributed by atoms with Gasteiger partial charge in [0, 0.05) is 11.6 Å². The van der Waals surface area contributed by atoms with Crippen LogP contribution in [0.15, 0.2) is 18.2 Å². The highest BCUT2D eigenvalue weighted by molar-refractivity contribution is 5.93. The number of allylic oxidation sites excluding steroid dienone is 2. The number of aromatic hydroxyl groups is 1. The van der Waals surface area contributed by atoms with Gasteiger partial charge in [0.25, 0.3) is 0 Å². The van der Waals surface area contributed by atoms with Crippen LogP contribution in [0.3, 0.4) is 0 Å². The van der Waals surface area contributed by atoms with E-state index < -0.39 is 0 Å². The van der Waals surface area contributed by atoms with Gasteiger partial charge in [-0.15, -0.1) is 0 Å². The topological polar surface area (TPSA) is 49.3 Å². The zero-order chi connectivity index (χ0) is 23.1. The Hall–Kier alpha value is -1.77. The molecule has 1 unspecified atom stereocenters. The first-order chi connectivity index (χ1) is 14.9. The molecule has 0 radical (unpaired) electrons. The number of unbranched alkanes of at least 4 members (excludes halogenated alkanes) is 10. The van der Waals surface area contributed by atoms with Crippen molar-refractivity contribution in [1.82, 2.24) is 0 Å². The van der Waals surface area contributed by atoms with Crippen molar-refractivity contribution in [3.63, 3.8) is 0 Å². The number of phenols is 1. The first-order valence-corrected chi connectivity index (χ1v) is 12.6. The summed E-state index contributed by atoms with van der Waals surface area (Å²) in [5.74, 6) is 0.400. The number of amides is 1. The van der Waals surface area contributed by atoms with Crippen LogP contribution >= 0.6 is 0 Å². The van der Waals surface area contributed by atoms with Gasteiger partial charge < -0.3 is 10.4 Å². The van der Waals surface area contributed by atoms with Gasteiger partial charge in [0.05, 0.1) is 0 Å². The Morgan fingerprint density at radius 3 is 2.06 bits per heavy atom. The number of hydrogen-bond acceptors (Lipinski definition) is 2. The van der Waals surface area contributed by atoms with Crippen molar-refractivity contribution in [2.75, 3.05) is 5.32 Å². The van der Waals surface area contributed by atoms with Crippen LogP contribution in [0.2, 0.25) is 0 Å². The predicted octanol–water partition coefficient (Wildman–Crippen LogP) is 8.54. The van der Waals surface area contributed by atoms with Gasteiger partial charge in [0.2, 0.25) is 5.91 Å². The summed E-state index contributed by atoms with van der Waals surface area (Å²) in [5.41, 5.74) is 3.39. The standard InChI is InChI=1S/C28H47NO2/c1-6-7-8-9-10-11-12-13-14-15-16-17-18-19-20-22(2)28(31)29-26-21-23(3)27(30)25(5)24(26)4/h13-14,21-22,30H,6-12,15-20H2,1-5H3,(H,29,31). The second-order valence-electron chi connectivity index (χ2n) is 9.25. The summed E-state index contributed by atoms with van der Waals surface area (Å²) < 4.78 is 0. The highest BCUT2D eigenvalue weighted by atomic mass is 16.3. The minimum absolute atomic E-state index is 0.00559. The number of hydrogen-bond donors (Lipinski definition) is 2. The maximum Gasteiger partial charge on any atom is 0.227 e. The number of benzene rings is 1. The molecule has 0 fully saturated rings. The molecule has 0 saturated carbocycles. The summed E-state index contributed by atoms with van der Waals surface area (Å²) in [5, 5.41) is 13.1. The van der Waals surface area contributed by atoms with Crippen LogP contribution in [0.1, 0.15) is 114 Å². The van der Waals surface area contributed by atoms with Gasteiger partial charge in [-0.2, -0.15) is 0 Å². The molecule has 31 heavy (non-hydrogen) atoms. The predicted molar refractivity (Wildman–Crippen MR) is 135 cm³/mol. The van der Waals surface area contributed by atoms with Crippen LogP contribution in [-0.2, 0) is 4.79 Å². The van der Waals surface area contributed by atoms with Crippen LogP contribution in [0.5, 0.6) is 5.75 Å². The molecule has 176 valence electrons. The molecule has 1 rings (SSSR count). The largest absolute Gasteiger partial charge is 0.507 e. The van der Waals surface area contributed by atoms with Crippen LogP contribution in [0, 0.1) is 26.7 Å². The highest BCUT2D eigenvalue weighted by Gasteiger charge is 2.16. The SMILES string of the molecule is CCCCCCCCC=CCCCCCCC(C)C(=O)Nc1cc(C)c(O)c(C)c1C. The summed E-state index contributed by atoms with van der Waals surface area (Å²) in [7, 11) is 0. The van der Waals surface area contributed by atoms with Crippen molar-refractivity contribution in [2.24, 2.45) is 5.92 Å². The lowest BCUT2D eigenvalue weighted by atomic mass is 9.99. The monoisotopic (exact) mass is 429 g/mol. The van der Waals surface area contributed by atoms with Crippen molar-refractivity contribution >= 4 is 11.6 Å². The summed E-state index contributed by atoms with van der Waals surface area (Å²) in [6, 6.07) is 1.86. The molecule has 0 aliphatic rings. The zero-order valence-electron chi connectivity index (χ0n) is 20.9. The van der Waals surface area contributed by atoms with Gasteiger partial charge in [-0.25, -0.2) is 0 Å². The van der Waals surface area contributed by atoms with E-state index in [4.69, 9.17) is 0 Å². The lowest BCUT2D eigenvalue weighted by molar-refractivity contribution is -0.119. The molecule has 1 aromatic carbocycles. The Balaban J connectivity index is 2.12. The lowest BCUT2D eigenvalue weighted by Gasteiger charge is -2.16. The summed E-state index contributed by atoms with van der Waals surface area (Å²) >= 11 is 0. The maximum atomic E-state index is 12.6. The number of nitrogens with one attached hydrogen (secondary N) is 1. The Labute approximate surface area is 191 Å². The van der Waals surface area contributed by atoms with Crippen LogP contribution in [0.4, 0.5) is 5.69 Å². The molecule has 3 heteroatoms. The molecule has 1 aromatic rings. The fourth-order valence-corrected chi connectivity index (χ4v) is 3.93. The number of phenolic OH excluding ortho intramolecular Hbond substituents is 1. The van der Waals surface area contributed by atoms with E-state index in [-0.39, 0.29) is 11.8 Å². The molecule has 1 amide bonds. The first-order valence-electron chi connectivity index (χ1n) is 12.6. The fourth-order valence-electron chi connectivity index (χ4n) is 3.93. The Kier molecular flexibility index (Phi) is 14.0. The highest BCUT2D eigenvalue weighted by Crippen LogP contribution is 2.30. The lowest BCUT2D eigenvalue weighted by Crippen LogP contribution is -2.21. The molecule has 3 nitrogen and oxygen atoms in total. The van der Waals surface area contributed by atoms with Crippen LogP contribution < -0.4 is 5.32 Å². The molecule has 0 aromatic heterocycles. The second kappa shape index (κ2) is 15.9. The number of carbonyl (C=O) groups is 1. The molecule has 0 bridgehead atoms. The molecular weight excluding hydrogens is 382 g/mol. The van der Waals surface area contributed by atoms with E-state index in [1.165, 1.54) is 70.6 Å². The van der Waals surface area contributed by atoms with Crippen molar-refractivity contribution in [2.45, 2.75) is 118 Å². The van der Waals surface area contributed by atoms with Gasteiger partial charge in [-0.1, -0.05) is 77.4 Å². The maximum absolute atomic E-state index is 12.6. The third-order valence-corrected chi connectivity index (χ3v) is 6.41. The van der Waals surface area contributed by atoms with Gasteiger partial charge in [0.15, 0.2) is 0 Å². The van der Waals surface area contributed by atoms with Crippen molar-refractivity contribution in [1.29, 1.82) is 0 Å². The number of rotatable bonds is 16. The molecule has 0 aliphatic carbocycles. The molecule has 0 aliphatic heterocycles.